The Balaban J connectivity index is 1.84. The number of carbonyl (C=O) groups is 2. The number of carbonyl (C=O) groups excluding carboxylic acids is 2. The van der Waals surface area contributed by atoms with E-state index in [4.69, 9.17) is 4.74 Å². The third kappa shape index (κ3) is 6.63. The number of benzene rings is 1. The Morgan fingerprint density at radius 2 is 1.84 bits per heavy atom. The molecule has 1 aromatic rings. The summed E-state index contributed by atoms with van der Waals surface area (Å²) in [6.07, 6.45) is 8.13. The maximum absolute atomic E-state index is 11.5. The first-order valence-electron chi connectivity index (χ1n) is 8.21. The highest BCUT2D eigenvalue weighted by atomic mass is 32.2. The molecule has 0 radical (unpaired) electrons. The average Bonchev–Trinajstić information content (AvgIpc) is 2.86. The Labute approximate surface area is 153 Å². The summed E-state index contributed by atoms with van der Waals surface area (Å²) in [6, 6.07) is 7.45. The molecule has 1 saturated heterocycles. The van der Waals surface area contributed by atoms with Crippen LogP contribution in [0.1, 0.15) is 39.2 Å². The fraction of sp³-hybridized carbons (Fsp3) is 0.300. The summed E-state index contributed by atoms with van der Waals surface area (Å²) < 4.78 is 5.72. The fourth-order valence-electron chi connectivity index (χ4n) is 2.20. The number of hydrogen-bond acceptors (Lipinski definition) is 4. The molecule has 1 aliphatic heterocycles. The van der Waals surface area contributed by atoms with E-state index in [1.54, 1.807) is 6.08 Å². The molecule has 1 N–H and O–H groups in total. The van der Waals surface area contributed by atoms with E-state index in [0.717, 1.165) is 35.9 Å². The fourth-order valence-corrected chi connectivity index (χ4v) is 2.89. The summed E-state index contributed by atoms with van der Waals surface area (Å²) >= 11 is 0.916. The zero-order chi connectivity index (χ0) is 18.2. The van der Waals surface area contributed by atoms with Gasteiger partial charge in [-0.15, -0.1) is 0 Å². The van der Waals surface area contributed by atoms with Gasteiger partial charge in [-0.3, -0.25) is 14.9 Å². The number of ether oxygens (including phenoxy) is 1. The maximum atomic E-state index is 11.5. The molecule has 0 aromatic heterocycles. The smallest absolute Gasteiger partial charge is 0.290 e. The first kappa shape index (κ1) is 19.1. The van der Waals surface area contributed by atoms with Crippen LogP contribution in [0.15, 0.2) is 52.5 Å². The van der Waals surface area contributed by atoms with Crippen LogP contribution in [0, 0.1) is 0 Å². The lowest BCUT2D eigenvalue weighted by Crippen LogP contribution is -2.17. The normalized spacial score (nSPS) is 16.1. The van der Waals surface area contributed by atoms with Gasteiger partial charge in [0, 0.05) is 0 Å². The van der Waals surface area contributed by atoms with Crippen LogP contribution >= 0.6 is 11.8 Å². The number of amides is 2. The highest BCUT2D eigenvalue weighted by Crippen LogP contribution is 2.26. The van der Waals surface area contributed by atoms with Gasteiger partial charge in [-0.05, 0) is 75.2 Å². The molecule has 0 bridgehead atoms. The number of hydrogen-bond donors (Lipinski definition) is 1. The van der Waals surface area contributed by atoms with Crippen LogP contribution in [0.5, 0.6) is 5.75 Å². The molecule has 0 spiro atoms. The lowest BCUT2D eigenvalue weighted by atomic mass is 10.1. The molecule has 2 amide bonds. The molecule has 1 fully saturated rings. The predicted octanol–water partition coefficient (Wildman–Crippen LogP) is 5.08. The van der Waals surface area contributed by atoms with Crippen LogP contribution in [0.25, 0.3) is 6.08 Å². The van der Waals surface area contributed by atoms with Crippen LogP contribution < -0.4 is 10.1 Å². The van der Waals surface area contributed by atoms with Gasteiger partial charge in [0.25, 0.3) is 11.1 Å². The minimum Gasteiger partial charge on any atom is -0.490 e. The van der Waals surface area contributed by atoms with E-state index >= 15 is 0 Å². The standard InChI is InChI=1S/C20H23NO3S/c1-14(2)5-4-6-15(3)11-12-24-17-9-7-16(8-10-17)13-18-19(22)21-20(23)25-18/h5,7-11,13H,4,6,12H2,1-3H3,(H,21,22,23)/b15-11-,18-13+. The number of imide groups is 1. The third-order valence-corrected chi connectivity index (χ3v) is 4.40. The Morgan fingerprint density at radius 1 is 1.12 bits per heavy atom. The van der Waals surface area contributed by atoms with Crippen molar-refractivity contribution < 1.29 is 14.3 Å². The Hall–Kier alpha value is -2.27. The number of nitrogens with one attached hydrogen (secondary N) is 1. The lowest BCUT2D eigenvalue weighted by Gasteiger charge is -2.05. The van der Waals surface area contributed by atoms with Gasteiger partial charge in [0.1, 0.15) is 12.4 Å². The van der Waals surface area contributed by atoms with Gasteiger partial charge in [-0.25, -0.2) is 0 Å². The largest absolute Gasteiger partial charge is 0.490 e. The molecule has 25 heavy (non-hydrogen) atoms. The van der Waals surface area contributed by atoms with Gasteiger partial charge in [0.05, 0.1) is 4.91 Å². The third-order valence-electron chi connectivity index (χ3n) is 3.59. The molecule has 1 heterocycles. The summed E-state index contributed by atoms with van der Waals surface area (Å²) in [5.74, 6) is 0.430. The zero-order valence-corrected chi connectivity index (χ0v) is 15.6. The summed E-state index contributed by atoms with van der Waals surface area (Å²) in [6.45, 7) is 6.87. The van der Waals surface area contributed by atoms with Crippen molar-refractivity contribution >= 4 is 29.0 Å². The van der Waals surface area contributed by atoms with Gasteiger partial charge in [0.15, 0.2) is 0 Å². The van der Waals surface area contributed by atoms with Crippen LogP contribution in [0.2, 0.25) is 0 Å². The molecule has 132 valence electrons. The minimum atomic E-state index is -0.343. The van der Waals surface area contributed by atoms with E-state index in [0.29, 0.717) is 11.5 Å². The Kier molecular flexibility index (Phi) is 7.07. The number of rotatable bonds is 7. The van der Waals surface area contributed by atoms with Crippen molar-refractivity contribution in [1.82, 2.24) is 5.32 Å². The second-order valence-electron chi connectivity index (χ2n) is 6.10. The van der Waals surface area contributed by atoms with Crippen molar-refractivity contribution in [3.63, 3.8) is 0 Å². The average molecular weight is 357 g/mol. The number of allylic oxidation sites excluding steroid dienone is 3. The van der Waals surface area contributed by atoms with Gasteiger partial charge in [0.2, 0.25) is 0 Å². The van der Waals surface area contributed by atoms with E-state index in [9.17, 15) is 9.59 Å². The van der Waals surface area contributed by atoms with E-state index in [2.05, 4.69) is 38.2 Å². The van der Waals surface area contributed by atoms with E-state index in [1.165, 1.54) is 11.1 Å². The summed E-state index contributed by atoms with van der Waals surface area (Å²) in [7, 11) is 0. The van der Waals surface area contributed by atoms with E-state index in [-0.39, 0.29) is 11.1 Å². The molecule has 4 nitrogen and oxygen atoms in total. The zero-order valence-electron chi connectivity index (χ0n) is 14.8. The van der Waals surface area contributed by atoms with Crippen molar-refractivity contribution in [2.45, 2.75) is 33.6 Å². The summed E-state index contributed by atoms with van der Waals surface area (Å²) in [4.78, 5) is 23.1. The molecule has 2 rings (SSSR count). The highest BCUT2D eigenvalue weighted by molar-refractivity contribution is 8.18. The molecule has 0 saturated carbocycles. The molecule has 0 aliphatic carbocycles. The van der Waals surface area contributed by atoms with E-state index in [1.807, 2.05) is 24.3 Å². The van der Waals surface area contributed by atoms with Crippen molar-refractivity contribution in [2.24, 2.45) is 0 Å². The Morgan fingerprint density at radius 3 is 2.44 bits per heavy atom. The lowest BCUT2D eigenvalue weighted by molar-refractivity contribution is -0.115. The topological polar surface area (TPSA) is 55.4 Å². The second-order valence-corrected chi connectivity index (χ2v) is 7.12. The SMILES string of the molecule is CC(C)=CCC/C(C)=C\COc1ccc(/C=C2/SC(=O)NC2=O)cc1. The van der Waals surface area contributed by atoms with Crippen LogP contribution in [-0.2, 0) is 4.79 Å². The summed E-state index contributed by atoms with van der Waals surface area (Å²) in [5, 5.41) is 1.91. The first-order valence-corrected chi connectivity index (χ1v) is 9.02. The monoisotopic (exact) mass is 357 g/mol. The van der Waals surface area contributed by atoms with E-state index < -0.39 is 0 Å². The van der Waals surface area contributed by atoms with Crippen molar-refractivity contribution in [1.29, 1.82) is 0 Å². The first-order chi connectivity index (χ1) is 11.9. The number of thioether (sulfide) groups is 1. The molecule has 0 atom stereocenters. The molecule has 1 aromatic carbocycles. The predicted molar refractivity (Wildman–Crippen MR) is 103 cm³/mol. The maximum Gasteiger partial charge on any atom is 0.290 e. The van der Waals surface area contributed by atoms with Gasteiger partial charge < -0.3 is 4.74 Å². The highest BCUT2D eigenvalue weighted by Gasteiger charge is 2.24. The van der Waals surface area contributed by atoms with Gasteiger partial charge >= 0.3 is 0 Å². The molecule has 5 heteroatoms. The van der Waals surface area contributed by atoms with Crippen LogP contribution in [-0.4, -0.2) is 17.8 Å². The molecule has 1 aliphatic rings. The van der Waals surface area contributed by atoms with Gasteiger partial charge in [-0.2, -0.15) is 0 Å². The molecule has 0 unspecified atom stereocenters. The van der Waals surface area contributed by atoms with Crippen molar-refractivity contribution in [3.05, 3.63) is 58.0 Å². The Bertz CT molecular complexity index is 726. The van der Waals surface area contributed by atoms with Crippen LogP contribution in [0.4, 0.5) is 4.79 Å². The molecular weight excluding hydrogens is 334 g/mol. The van der Waals surface area contributed by atoms with Crippen LogP contribution in [0.3, 0.4) is 0 Å². The second kappa shape index (κ2) is 9.28. The summed E-state index contributed by atoms with van der Waals surface area (Å²) in [5.41, 5.74) is 3.51. The minimum absolute atomic E-state index is 0.331. The molecular formula is C20H23NO3S. The van der Waals surface area contributed by atoms with Crippen molar-refractivity contribution in [3.8, 4) is 5.75 Å². The van der Waals surface area contributed by atoms with Gasteiger partial charge in [-0.1, -0.05) is 29.4 Å². The van der Waals surface area contributed by atoms with Crippen molar-refractivity contribution in [2.75, 3.05) is 6.61 Å². The quantitative estimate of drug-likeness (QED) is 0.546.